The van der Waals surface area contributed by atoms with Crippen LogP contribution in [0.3, 0.4) is 0 Å². The normalized spacial score (nSPS) is 10.4. The number of hydrogen-bond acceptors (Lipinski definition) is 7. The van der Waals surface area contributed by atoms with Gasteiger partial charge < -0.3 is 19.5 Å². The summed E-state index contributed by atoms with van der Waals surface area (Å²) in [6, 6.07) is 11.0. The van der Waals surface area contributed by atoms with E-state index in [1.54, 1.807) is 12.1 Å². The Hall–Kier alpha value is -3.62. The van der Waals surface area contributed by atoms with Crippen molar-refractivity contribution in [3.8, 4) is 28.6 Å². The summed E-state index contributed by atoms with van der Waals surface area (Å²) in [4.78, 5) is 13.5. The average Bonchev–Trinajstić information content (AvgIpc) is 3.16. The first-order chi connectivity index (χ1) is 13.5. The van der Waals surface area contributed by atoms with Crippen LogP contribution in [-0.2, 0) is 11.3 Å². The molecule has 146 valence electrons. The first-order valence-corrected chi connectivity index (χ1v) is 8.49. The van der Waals surface area contributed by atoms with E-state index in [2.05, 4.69) is 20.7 Å². The van der Waals surface area contributed by atoms with E-state index in [0.29, 0.717) is 28.6 Å². The van der Waals surface area contributed by atoms with Crippen molar-refractivity contribution in [3.05, 3.63) is 42.0 Å². The van der Waals surface area contributed by atoms with Crippen molar-refractivity contribution in [2.45, 2.75) is 13.5 Å². The van der Waals surface area contributed by atoms with Crippen LogP contribution in [0.2, 0.25) is 0 Å². The molecule has 1 heterocycles. The van der Waals surface area contributed by atoms with Crippen molar-refractivity contribution in [3.63, 3.8) is 0 Å². The van der Waals surface area contributed by atoms with Gasteiger partial charge in [0.05, 0.1) is 21.3 Å². The summed E-state index contributed by atoms with van der Waals surface area (Å²) in [5, 5.41) is 15.1. The molecule has 9 heteroatoms. The number of anilines is 1. The summed E-state index contributed by atoms with van der Waals surface area (Å²) < 4.78 is 16.0. The molecule has 1 aromatic heterocycles. The monoisotopic (exact) mass is 383 g/mol. The Morgan fingerprint density at radius 1 is 1.07 bits per heavy atom. The standard InChI is InChI=1S/C19H21N5O4/c1-12-7-5-6-8-14(12)20-17(25)11-24-22-19(21-23-24)13-9-15(26-2)18(28-4)16(10-13)27-3/h5-10H,11H2,1-4H3,(H,20,25). The van der Waals surface area contributed by atoms with E-state index >= 15 is 0 Å². The summed E-state index contributed by atoms with van der Waals surface area (Å²) >= 11 is 0. The lowest BCUT2D eigenvalue weighted by molar-refractivity contribution is -0.117. The maximum atomic E-state index is 12.3. The topological polar surface area (TPSA) is 100 Å². The molecule has 0 fully saturated rings. The molecule has 0 atom stereocenters. The molecule has 0 aliphatic rings. The number of tetrazole rings is 1. The minimum absolute atomic E-state index is 0.0637. The second-order valence-corrected chi connectivity index (χ2v) is 5.92. The van der Waals surface area contributed by atoms with Crippen LogP contribution in [0, 0.1) is 6.92 Å². The summed E-state index contributed by atoms with van der Waals surface area (Å²) in [7, 11) is 4.59. The zero-order chi connectivity index (χ0) is 20.1. The number of aromatic nitrogens is 4. The highest BCUT2D eigenvalue weighted by Crippen LogP contribution is 2.40. The summed E-state index contributed by atoms with van der Waals surface area (Å²) in [6.45, 7) is 1.86. The Labute approximate surface area is 162 Å². The zero-order valence-electron chi connectivity index (χ0n) is 16.1. The molecule has 0 unspecified atom stereocenters. The van der Waals surface area contributed by atoms with Crippen LogP contribution in [0.15, 0.2) is 36.4 Å². The average molecular weight is 383 g/mol. The van der Waals surface area contributed by atoms with Crippen LogP contribution in [-0.4, -0.2) is 47.4 Å². The largest absolute Gasteiger partial charge is 0.493 e. The number of carbonyl (C=O) groups excluding carboxylic acids is 1. The maximum Gasteiger partial charge on any atom is 0.248 e. The lowest BCUT2D eigenvalue weighted by Crippen LogP contribution is -2.20. The second kappa shape index (κ2) is 8.38. The number of rotatable bonds is 7. The molecule has 9 nitrogen and oxygen atoms in total. The fourth-order valence-electron chi connectivity index (χ4n) is 2.67. The highest BCUT2D eigenvalue weighted by atomic mass is 16.5. The van der Waals surface area contributed by atoms with Gasteiger partial charge in [0.2, 0.25) is 17.5 Å². The molecule has 28 heavy (non-hydrogen) atoms. The van der Waals surface area contributed by atoms with Crippen LogP contribution < -0.4 is 19.5 Å². The lowest BCUT2D eigenvalue weighted by Gasteiger charge is -2.12. The molecule has 0 radical (unpaired) electrons. The maximum absolute atomic E-state index is 12.3. The molecule has 0 aliphatic carbocycles. The minimum atomic E-state index is -0.247. The van der Waals surface area contributed by atoms with Gasteiger partial charge in [0, 0.05) is 11.3 Å². The molecule has 0 aliphatic heterocycles. The number of nitrogens with one attached hydrogen (secondary N) is 1. The number of benzene rings is 2. The second-order valence-electron chi connectivity index (χ2n) is 5.92. The molecule has 3 aromatic rings. The summed E-state index contributed by atoms with van der Waals surface area (Å²) in [5.74, 6) is 1.51. The molecule has 1 N–H and O–H groups in total. The van der Waals surface area contributed by atoms with Gasteiger partial charge in [-0.3, -0.25) is 4.79 Å². The smallest absolute Gasteiger partial charge is 0.248 e. The Morgan fingerprint density at radius 2 is 1.75 bits per heavy atom. The lowest BCUT2D eigenvalue weighted by atomic mass is 10.1. The summed E-state index contributed by atoms with van der Waals surface area (Å²) in [6.07, 6.45) is 0. The molecule has 3 rings (SSSR count). The molecular weight excluding hydrogens is 362 g/mol. The van der Waals surface area contributed by atoms with Crippen molar-refractivity contribution in [1.82, 2.24) is 20.2 Å². The quantitative estimate of drug-likeness (QED) is 0.668. The highest BCUT2D eigenvalue weighted by Gasteiger charge is 2.17. The van der Waals surface area contributed by atoms with Crippen molar-refractivity contribution < 1.29 is 19.0 Å². The van der Waals surface area contributed by atoms with E-state index < -0.39 is 0 Å². The van der Waals surface area contributed by atoms with Gasteiger partial charge in [0.25, 0.3) is 0 Å². The van der Waals surface area contributed by atoms with E-state index in [-0.39, 0.29) is 12.5 Å². The van der Waals surface area contributed by atoms with Gasteiger partial charge in [-0.25, -0.2) is 0 Å². The SMILES string of the molecule is COc1cc(-c2nnn(CC(=O)Nc3ccccc3C)n2)cc(OC)c1OC. The third-order valence-electron chi connectivity index (χ3n) is 4.08. The predicted octanol–water partition coefficient (Wildman–Crippen LogP) is 2.31. The minimum Gasteiger partial charge on any atom is -0.493 e. The zero-order valence-corrected chi connectivity index (χ0v) is 16.1. The third kappa shape index (κ3) is 4.03. The number of amides is 1. The van der Waals surface area contributed by atoms with Crippen molar-refractivity contribution in [2.24, 2.45) is 0 Å². The van der Waals surface area contributed by atoms with Gasteiger partial charge in [0.1, 0.15) is 6.54 Å². The van der Waals surface area contributed by atoms with Crippen LogP contribution in [0.5, 0.6) is 17.2 Å². The molecule has 2 aromatic carbocycles. The number of aryl methyl sites for hydroxylation is 1. The van der Waals surface area contributed by atoms with Gasteiger partial charge in [-0.15, -0.1) is 10.2 Å². The van der Waals surface area contributed by atoms with Gasteiger partial charge in [0.15, 0.2) is 11.5 Å². The third-order valence-corrected chi connectivity index (χ3v) is 4.08. The summed E-state index contributed by atoms with van der Waals surface area (Å²) in [5.41, 5.74) is 2.35. The van der Waals surface area contributed by atoms with Gasteiger partial charge in [-0.05, 0) is 35.9 Å². The van der Waals surface area contributed by atoms with Crippen molar-refractivity contribution in [2.75, 3.05) is 26.6 Å². The number of ether oxygens (including phenoxy) is 3. The molecule has 0 saturated carbocycles. The number of nitrogens with zero attached hydrogens (tertiary/aromatic N) is 4. The van der Waals surface area contributed by atoms with E-state index in [9.17, 15) is 4.79 Å². The van der Waals surface area contributed by atoms with E-state index in [1.807, 2.05) is 31.2 Å². The van der Waals surface area contributed by atoms with Crippen LogP contribution in [0.4, 0.5) is 5.69 Å². The van der Waals surface area contributed by atoms with E-state index in [4.69, 9.17) is 14.2 Å². The number of carbonyl (C=O) groups is 1. The first-order valence-electron chi connectivity index (χ1n) is 8.49. The molecular formula is C19H21N5O4. The Bertz CT molecular complexity index is 961. The van der Waals surface area contributed by atoms with Crippen LogP contribution >= 0.6 is 0 Å². The van der Waals surface area contributed by atoms with Gasteiger partial charge in [-0.1, -0.05) is 18.2 Å². The van der Waals surface area contributed by atoms with Crippen LogP contribution in [0.1, 0.15) is 5.56 Å². The Morgan fingerprint density at radius 3 is 2.36 bits per heavy atom. The first kappa shape index (κ1) is 19.2. The van der Waals surface area contributed by atoms with E-state index in [1.165, 1.54) is 26.1 Å². The van der Waals surface area contributed by atoms with Gasteiger partial charge in [-0.2, -0.15) is 4.80 Å². The number of para-hydroxylation sites is 1. The molecule has 0 saturated heterocycles. The predicted molar refractivity (Wildman–Crippen MR) is 103 cm³/mol. The number of hydrogen-bond donors (Lipinski definition) is 1. The fourth-order valence-corrected chi connectivity index (χ4v) is 2.67. The highest BCUT2D eigenvalue weighted by molar-refractivity contribution is 5.91. The Kier molecular flexibility index (Phi) is 5.73. The fraction of sp³-hybridized carbons (Fsp3) is 0.263. The van der Waals surface area contributed by atoms with Gasteiger partial charge >= 0.3 is 0 Å². The van der Waals surface area contributed by atoms with Crippen molar-refractivity contribution in [1.29, 1.82) is 0 Å². The van der Waals surface area contributed by atoms with Crippen molar-refractivity contribution >= 4 is 11.6 Å². The molecule has 0 bridgehead atoms. The number of methoxy groups -OCH3 is 3. The Balaban J connectivity index is 1.79. The van der Waals surface area contributed by atoms with Crippen LogP contribution in [0.25, 0.3) is 11.4 Å². The molecule has 1 amide bonds. The van der Waals surface area contributed by atoms with E-state index in [0.717, 1.165) is 11.3 Å². The molecule has 0 spiro atoms.